The largest absolute Gasteiger partial charge is 0.444 e. The molecule has 4 nitrogen and oxygen atoms in total. The highest BCUT2D eigenvalue weighted by Gasteiger charge is 2.16. The lowest BCUT2D eigenvalue weighted by Crippen LogP contribution is -2.27. The molecule has 84 valence electrons. The summed E-state index contributed by atoms with van der Waals surface area (Å²) in [5, 5.41) is 3.18. The van der Waals surface area contributed by atoms with Gasteiger partial charge in [-0.3, -0.25) is 5.32 Å². The van der Waals surface area contributed by atoms with E-state index in [0.717, 1.165) is 11.3 Å². The first-order chi connectivity index (χ1) is 6.90. The third-order valence-corrected chi connectivity index (χ3v) is 2.57. The standard InChI is InChI=1S/C10H16N2O2S/c1-5-7-6-11-8(15-7)12-9(13)14-10(2,3)4/h6H,5H2,1-4H3,(H,11,12,13). The first-order valence-corrected chi connectivity index (χ1v) is 5.67. The number of amides is 1. The van der Waals surface area contributed by atoms with Crippen LogP contribution in [0.25, 0.3) is 0 Å². The highest BCUT2D eigenvalue weighted by molar-refractivity contribution is 7.15. The number of ether oxygens (including phenoxy) is 1. The fourth-order valence-electron chi connectivity index (χ4n) is 0.920. The number of aryl methyl sites for hydroxylation is 1. The zero-order valence-corrected chi connectivity index (χ0v) is 10.3. The molecule has 0 bridgehead atoms. The van der Waals surface area contributed by atoms with Crippen molar-refractivity contribution >= 4 is 22.6 Å². The van der Waals surface area contributed by atoms with Crippen LogP contribution in [0.2, 0.25) is 0 Å². The monoisotopic (exact) mass is 228 g/mol. The number of nitrogens with one attached hydrogen (secondary N) is 1. The molecule has 1 aromatic heterocycles. The van der Waals surface area contributed by atoms with Crippen molar-refractivity contribution in [2.45, 2.75) is 39.7 Å². The second-order valence-corrected chi connectivity index (χ2v) is 5.23. The van der Waals surface area contributed by atoms with Crippen LogP contribution in [-0.2, 0) is 11.2 Å². The molecule has 0 atom stereocenters. The average molecular weight is 228 g/mol. The van der Waals surface area contributed by atoms with Crippen LogP contribution >= 0.6 is 11.3 Å². The molecule has 0 aromatic carbocycles. The van der Waals surface area contributed by atoms with Gasteiger partial charge < -0.3 is 4.74 Å². The van der Waals surface area contributed by atoms with E-state index in [1.165, 1.54) is 11.3 Å². The molecule has 0 aliphatic rings. The van der Waals surface area contributed by atoms with Gasteiger partial charge in [0.15, 0.2) is 5.13 Å². The van der Waals surface area contributed by atoms with E-state index in [1.807, 2.05) is 27.7 Å². The molecule has 0 fully saturated rings. The minimum atomic E-state index is -0.477. The second-order valence-electron chi connectivity index (χ2n) is 4.11. The van der Waals surface area contributed by atoms with Crippen LogP contribution in [0.3, 0.4) is 0 Å². The summed E-state index contributed by atoms with van der Waals surface area (Å²) in [4.78, 5) is 16.6. The SMILES string of the molecule is CCc1cnc(NC(=O)OC(C)(C)C)s1. The molecule has 1 amide bonds. The lowest BCUT2D eigenvalue weighted by Gasteiger charge is -2.18. The van der Waals surface area contributed by atoms with Crippen LogP contribution in [-0.4, -0.2) is 16.7 Å². The van der Waals surface area contributed by atoms with Crippen LogP contribution in [0.4, 0.5) is 9.93 Å². The van der Waals surface area contributed by atoms with E-state index < -0.39 is 11.7 Å². The number of carbonyl (C=O) groups is 1. The van der Waals surface area contributed by atoms with Crippen LogP contribution in [0.1, 0.15) is 32.6 Å². The Bertz CT molecular complexity index is 341. The van der Waals surface area contributed by atoms with Gasteiger partial charge in [0.05, 0.1) is 0 Å². The topological polar surface area (TPSA) is 51.2 Å². The highest BCUT2D eigenvalue weighted by atomic mass is 32.1. The maximum absolute atomic E-state index is 11.4. The van der Waals surface area contributed by atoms with Gasteiger partial charge in [-0.05, 0) is 27.2 Å². The highest BCUT2D eigenvalue weighted by Crippen LogP contribution is 2.19. The van der Waals surface area contributed by atoms with Crippen molar-refractivity contribution in [3.63, 3.8) is 0 Å². The number of carbonyl (C=O) groups excluding carboxylic acids is 1. The molecular weight excluding hydrogens is 212 g/mol. The molecule has 1 heterocycles. The summed E-state index contributed by atoms with van der Waals surface area (Å²) in [5.41, 5.74) is -0.477. The maximum Gasteiger partial charge on any atom is 0.413 e. The molecule has 15 heavy (non-hydrogen) atoms. The molecule has 1 rings (SSSR count). The van der Waals surface area contributed by atoms with Gasteiger partial charge in [0.25, 0.3) is 0 Å². The Kier molecular flexibility index (Phi) is 3.68. The van der Waals surface area contributed by atoms with Gasteiger partial charge in [-0.25, -0.2) is 9.78 Å². The van der Waals surface area contributed by atoms with E-state index in [4.69, 9.17) is 4.74 Å². The number of hydrogen-bond donors (Lipinski definition) is 1. The van der Waals surface area contributed by atoms with Crippen molar-refractivity contribution in [3.8, 4) is 0 Å². The number of anilines is 1. The summed E-state index contributed by atoms with van der Waals surface area (Å²) in [5.74, 6) is 0. The molecular formula is C10H16N2O2S. The first-order valence-electron chi connectivity index (χ1n) is 4.85. The van der Waals surface area contributed by atoms with Crippen LogP contribution in [0, 0.1) is 0 Å². The number of nitrogens with zero attached hydrogens (tertiary/aromatic N) is 1. The Balaban J connectivity index is 2.51. The summed E-state index contributed by atoms with van der Waals surface area (Å²) in [6, 6.07) is 0. The van der Waals surface area contributed by atoms with Gasteiger partial charge in [-0.2, -0.15) is 0 Å². The van der Waals surface area contributed by atoms with Crippen LogP contribution in [0.5, 0.6) is 0 Å². The van der Waals surface area contributed by atoms with E-state index in [1.54, 1.807) is 6.20 Å². The zero-order chi connectivity index (χ0) is 11.5. The quantitative estimate of drug-likeness (QED) is 0.846. The molecule has 0 radical (unpaired) electrons. The minimum Gasteiger partial charge on any atom is -0.444 e. The van der Waals surface area contributed by atoms with E-state index in [-0.39, 0.29) is 0 Å². The van der Waals surface area contributed by atoms with Crippen molar-refractivity contribution in [3.05, 3.63) is 11.1 Å². The van der Waals surface area contributed by atoms with Gasteiger partial charge in [0, 0.05) is 11.1 Å². The second kappa shape index (κ2) is 4.61. The van der Waals surface area contributed by atoms with Gasteiger partial charge in [-0.1, -0.05) is 6.92 Å². The fourth-order valence-corrected chi connectivity index (χ4v) is 1.66. The summed E-state index contributed by atoms with van der Waals surface area (Å²) in [6.45, 7) is 7.52. The minimum absolute atomic E-state index is 0.459. The molecule has 0 aliphatic carbocycles. The molecule has 0 unspecified atom stereocenters. The Labute approximate surface area is 93.7 Å². The van der Waals surface area contributed by atoms with Crippen molar-refractivity contribution in [1.82, 2.24) is 4.98 Å². The number of hydrogen-bond acceptors (Lipinski definition) is 4. The Morgan fingerprint density at radius 1 is 1.60 bits per heavy atom. The van der Waals surface area contributed by atoms with Crippen molar-refractivity contribution in [2.75, 3.05) is 5.32 Å². The Hall–Kier alpha value is -1.10. The van der Waals surface area contributed by atoms with Gasteiger partial charge in [0.1, 0.15) is 5.60 Å². The zero-order valence-electron chi connectivity index (χ0n) is 9.46. The van der Waals surface area contributed by atoms with E-state index in [0.29, 0.717) is 5.13 Å². The predicted molar refractivity (Wildman–Crippen MR) is 61.3 cm³/mol. The number of aromatic nitrogens is 1. The maximum atomic E-state index is 11.4. The predicted octanol–water partition coefficient (Wildman–Crippen LogP) is 3.05. The number of thiazole rings is 1. The summed E-state index contributed by atoms with van der Waals surface area (Å²) >= 11 is 1.46. The Morgan fingerprint density at radius 3 is 2.73 bits per heavy atom. The summed E-state index contributed by atoms with van der Waals surface area (Å²) in [6.07, 6.45) is 2.23. The van der Waals surface area contributed by atoms with Crippen LogP contribution < -0.4 is 5.32 Å². The molecule has 1 N–H and O–H groups in total. The lowest BCUT2D eigenvalue weighted by molar-refractivity contribution is 0.0636. The number of rotatable bonds is 2. The molecule has 0 aliphatic heterocycles. The van der Waals surface area contributed by atoms with Gasteiger partial charge >= 0.3 is 6.09 Å². The summed E-state index contributed by atoms with van der Waals surface area (Å²) < 4.78 is 5.10. The van der Waals surface area contributed by atoms with Crippen molar-refractivity contribution in [2.24, 2.45) is 0 Å². The first kappa shape index (κ1) is 12.0. The molecule has 5 heteroatoms. The molecule has 0 saturated carbocycles. The van der Waals surface area contributed by atoms with Gasteiger partial charge in [-0.15, -0.1) is 11.3 Å². The summed E-state index contributed by atoms with van der Waals surface area (Å²) in [7, 11) is 0. The fraction of sp³-hybridized carbons (Fsp3) is 0.600. The Morgan fingerprint density at radius 2 is 2.27 bits per heavy atom. The molecule has 1 aromatic rings. The third kappa shape index (κ3) is 4.29. The van der Waals surface area contributed by atoms with Crippen LogP contribution in [0.15, 0.2) is 6.20 Å². The average Bonchev–Trinajstić information content (AvgIpc) is 2.48. The lowest BCUT2D eigenvalue weighted by atomic mass is 10.2. The van der Waals surface area contributed by atoms with Gasteiger partial charge in [0.2, 0.25) is 0 Å². The van der Waals surface area contributed by atoms with E-state index in [2.05, 4.69) is 10.3 Å². The van der Waals surface area contributed by atoms with Crippen molar-refractivity contribution in [1.29, 1.82) is 0 Å². The third-order valence-electron chi connectivity index (χ3n) is 1.51. The van der Waals surface area contributed by atoms with E-state index >= 15 is 0 Å². The molecule has 0 spiro atoms. The molecule has 0 saturated heterocycles. The normalized spacial score (nSPS) is 11.2. The van der Waals surface area contributed by atoms with E-state index in [9.17, 15) is 4.79 Å². The van der Waals surface area contributed by atoms with Crippen molar-refractivity contribution < 1.29 is 9.53 Å². The smallest absolute Gasteiger partial charge is 0.413 e.